The minimum atomic E-state index is 0.623. The van der Waals surface area contributed by atoms with Crippen molar-refractivity contribution in [2.75, 3.05) is 6.54 Å². The maximum absolute atomic E-state index is 4.16. The Hall–Kier alpha value is -0.900. The average Bonchev–Trinajstić information content (AvgIpc) is 2.66. The molecule has 1 atom stereocenters. The van der Waals surface area contributed by atoms with E-state index in [4.69, 9.17) is 0 Å². The molecule has 1 saturated heterocycles. The van der Waals surface area contributed by atoms with Crippen molar-refractivity contribution in [2.24, 2.45) is 5.92 Å². The number of nitrogens with one attached hydrogen (secondary N) is 1. The molecular weight excluding hydrogens is 200 g/mol. The molecule has 1 unspecified atom stereocenters. The summed E-state index contributed by atoms with van der Waals surface area (Å²) in [6.45, 7) is 6.56. The van der Waals surface area contributed by atoms with E-state index in [0.717, 1.165) is 19.5 Å². The van der Waals surface area contributed by atoms with Crippen LogP contribution in [0.15, 0.2) is 6.20 Å². The molecule has 0 bridgehead atoms. The molecule has 1 aromatic rings. The first-order valence-electron chi connectivity index (χ1n) is 6.36. The van der Waals surface area contributed by atoms with Gasteiger partial charge in [-0.15, -0.1) is 5.10 Å². The lowest BCUT2D eigenvalue weighted by Gasteiger charge is -2.23. The number of hydrogen-bond acceptors (Lipinski definition) is 3. The SMILES string of the molecule is CC(C)Cn1nncc1CC1CCCCN1. The number of nitrogens with zero attached hydrogens (tertiary/aromatic N) is 3. The molecule has 0 radical (unpaired) electrons. The fraction of sp³-hybridized carbons (Fsp3) is 0.833. The molecule has 0 amide bonds. The Morgan fingerprint density at radius 2 is 2.38 bits per heavy atom. The molecule has 1 aromatic heterocycles. The predicted octanol–water partition coefficient (Wildman–Crippen LogP) is 1.62. The standard InChI is InChI=1S/C12H22N4/c1-10(2)9-16-12(8-14-15-16)7-11-5-3-4-6-13-11/h8,10-11,13H,3-7,9H2,1-2H3. The van der Waals surface area contributed by atoms with Gasteiger partial charge in [0.2, 0.25) is 0 Å². The molecule has 1 aliphatic rings. The Kier molecular flexibility index (Phi) is 3.93. The summed E-state index contributed by atoms with van der Waals surface area (Å²) in [5, 5.41) is 11.8. The smallest absolute Gasteiger partial charge is 0.0725 e. The average molecular weight is 222 g/mol. The summed E-state index contributed by atoms with van der Waals surface area (Å²) in [5.74, 6) is 0.625. The zero-order valence-corrected chi connectivity index (χ0v) is 10.3. The van der Waals surface area contributed by atoms with Gasteiger partial charge in [-0.2, -0.15) is 0 Å². The van der Waals surface area contributed by atoms with Crippen LogP contribution in [0.5, 0.6) is 0 Å². The van der Waals surface area contributed by atoms with Gasteiger partial charge >= 0.3 is 0 Å². The van der Waals surface area contributed by atoms with Crippen molar-refractivity contribution >= 4 is 0 Å². The lowest BCUT2D eigenvalue weighted by atomic mass is 10.0. The molecular formula is C12H22N4. The van der Waals surface area contributed by atoms with Gasteiger partial charge in [-0.3, -0.25) is 0 Å². The first kappa shape index (κ1) is 11.6. The summed E-state index contributed by atoms with van der Waals surface area (Å²) in [7, 11) is 0. The fourth-order valence-corrected chi connectivity index (χ4v) is 2.29. The van der Waals surface area contributed by atoms with E-state index in [1.807, 2.05) is 6.20 Å². The Bertz CT molecular complexity index is 313. The van der Waals surface area contributed by atoms with Gasteiger partial charge in [0, 0.05) is 19.0 Å². The van der Waals surface area contributed by atoms with Crippen LogP contribution in [-0.4, -0.2) is 27.6 Å². The second-order valence-electron chi connectivity index (χ2n) is 5.15. The first-order chi connectivity index (χ1) is 7.75. The Balaban J connectivity index is 1.94. The van der Waals surface area contributed by atoms with Crippen molar-refractivity contribution < 1.29 is 0 Å². The second kappa shape index (κ2) is 5.43. The highest BCUT2D eigenvalue weighted by Crippen LogP contribution is 2.12. The van der Waals surface area contributed by atoms with Crippen LogP contribution in [-0.2, 0) is 13.0 Å². The molecule has 1 N–H and O–H groups in total. The molecule has 16 heavy (non-hydrogen) atoms. The van der Waals surface area contributed by atoms with Gasteiger partial charge in [-0.25, -0.2) is 4.68 Å². The maximum atomic E-state index is 4.16. The first-order valence-corrected chi connectivity index (χ1v) is 6.36. The molecule has 2 heterocycles. The van der Waals surface area contributed by atoms with Gasteiger partial charge in [0.25, 0.3) is 0 Å². The zero-order valence-electron chi connectivity index (χ0n) is 10.3. The van der Waals surface area contributed by atoms with Crippen LogP contribution in [0.2, 0.25) is 0 Å². The molecule has 90 valence electrons. The van der Waals surface area contributed by atoms with Gasteiger partial charge in [0.15, 0.2) is 0 Å². The van der Waals surface area contributed by atoms with E-state index >= 15 is 0 Å². The number of piperidine rings is 1. The Morgan fingerprint density at radius 1 is 1.50 bits per heavy atom. The van der Waals surface area contributed by atoms with Gasteiger partial charge in [-0.1, -0.05) is 25.5 Å². The topological polar surface area (TPSA) is 42.7 Å². The van der Waals surface area contributed by atoms with E-state index in [9.17, 15) is 0 Å². The number of aromatic nitrogens is 3. The fourth-order valence-electron chi connectivity index (χ4n) is 2.29. The summed E-state index contributed by atoms with van der Waals surface area (Å²) in [6, 6.07) is 0.623. The van der Waals surface area contributed by atoms with E-state index in [0.29, 0.717) is 12.0 Å². The highest BCUT2D eigenvalue weighted by atomic mass is 15.4. The van der Waals surface area contributed by atoms with Gasteiger partial charge < -0.3 is 5.32 Å². The predicted molar refractivity (Wildman–Crippen MR) is 64.2 cm³/mol. The quantitative estimate of drug-likeness (QED) is 0.842. The van der Waals surface area contributed by atoms with Crippen molar-refractivity contribution in [3.8, 4) is 0 Å². The van der Waals surface area contributed by atoms with Crippen LogP contribution in [0, 0.1) is 5.92 Å². The maximum Gasteiger partial charge on any atom is 0.0725 e. The third-order valence-electron chi connectivity index (χ3n) is 3.10. The summed E-state index contributed by atoms with van der Waals surface area (Å²) < 4.78 is 2.06. The van der Waals surface area contributed by atoms with Crippen LogP contribution in [0.4, 0.5) is 0 Å². The number of rotatable bonds is 4. The van der Waals surface area contributed by atoms with E-state index in [-0.39, 0.29) is 0 Å². The van der Waals surface area contributed by atoms with Crippen molar-refractivity contribution in [1.29, 1.82) is 0 Å². The lowest BCUT2D eigenvalue weighted by molar-refractivity contribution is 0.383. The molecule has 1 fully saturated rings. The van der Waals surface area contributed by atoms with Crippen molar-refractivity contribution in [3.05, 3.63) is 11.9 Å². The molecule has 0 aliphatic carbocycles. The Labute approximate surface area is 97.4 Å². The van der Waals surface area contributed by atoms with E-state index in [2.05, 4.69) is 34.2 Å². The van der Waals surface area contributed by atoms with Crippen molar-refractivity contribution in [3.63, 3.8) is 0 Å². The van der Waals surface area contributed by atoms with Crippen LogP contribution >= 0.6 is 0 Å². The molecule has 0 aromatic carbocycles. The van der Waals surface area contributed by atoms with Gasteiger partial charge in [0.05, 0.1) is 11.9 Å². The van der Waals surface area contributed by atoms with Crippen molar-refractivity contribution in [1.82, 2.24) is 20.3 Å². The van der Waals surface area contributed by atoms with Crippen molar-refractivity contribution in [2.45, 2.75) is 52.1 Å². The third kappa shape index (κ3) is 3.04. The summed E-state index contributed by atoms with van der Waals surface area (Å²) in [4.78, 5) is 0. The van der Waals surface area contributed by atoms with E-state index in [1.165, 1.54) is 25.0 Å². The van der Waals surface area contributed by atoms with Gasteiger partial charge in [0.1, 0.15) is 0 Å². The molecule has 4 heteroatoms. The minimum absolute atomic E-state index is 0.623. The molecule has 0 saturated carbocycles. The van der Waals surface area contributed by atoms with Crippen LogP contribution in [0.25, 0.3) is 0 Å². The molecule has 0 spiro atoms. The minimum Gasteiger partial charge on any atom is -0.314 e. The third-order valence-corrected chi connectivity index (χ3v) is 3.10. The summed E-state index contributed by atoms with van der Waals surface area (Å²) >= 11 is 0. The second-order valence-corrected chi connectivity index (χ2v) is 5.15. The highest BCUT2D eigenvalue weighted by Gasteiger charge is 2.15. The Morgan fingerprint density at radius 3 is 3.06 bits per heavy atom. The molecule has 4 nitrogen and oxygen atoms in total. The van der Waals surface area contributed by atoms with E-state index in [1.54, 1.807) is 0 Å². The van der Waals surface area contributed by atoms with Crippen LogP contribution in [0.1, 0.15) is 38.8 Å². The number of hydrogen-bond donors (Lipinski definition) is 1. The molecule has 1 aliphatic heterocycles. The normalized spacial score (nSPS) is 21.6. The van der Waals surface area contributed by atoms with Crippen LogP contribution < -0.4 is 5.32 Å². The highest BCUT2D eigenvalue weighted by molar-refractivity contribution is 4.98. The van der Waals surface area contributed by atoms with E-state index < -0.39 is 0 Å². The summed E-state index contributed by atoms with van der Waals surface area (Å²) in [6.07, 6.45) is 6.94. The lowest BCUT2D eigenvalue weighted by Crippen LogP contribution is -2.36. The zero-order chi connectivity index (χ0) is 11.4. The van der Waals surface area contributed by atoms with Crippen LogP contribution in [0.3, 0.4) is 0 Å². The van der Waals surface area contributed by atoms with Gasteiger partial charge in [-0.05, 0) is 25.3 Å². The largest absolute Gasteiger partial charge is 0.314 e. The molecule has 2 rings (SSSR count). The monoisotopic (exact) mass is 222 g/mol. The summed E-state index contributed by atoms with van der Waals surface area (Å²) in [5.41, 5.74) is 1.27.